The summed E-state index contributed by atoms with van der Waals surface area (Å²) in [6.07, 6.45) is 0. The van der Waals surface area contributed by atoms with Gasteiger partial charge in [0.1, 0.15) is 0 Å². The van der Waals surface area contributed by atoms with Gasteiger partial charge in [0.25, 0.3) is 0 Å². The zero-order valence-corrected chi connectivity index (χ0v) is 8.61. The second-order valence-corrected chi connectivity index (χ2v) is 4.12. The van der Waals surface area contributed by atoms with Gasteiger partial charge in [-0.1, -0.05) is 23.7 Å². The second-order valence-electron chi connectivity index (χ2n) is 3.42. The second kappa shape index (κ2) is 3.49. The van der Waals surface area contributed by atoms with Gasteiger partial charge in [-0.15, -0.1) is 11.6 Å². The SMILES string of the molecule is ClCC1(c2cccc(Cl)c2)COC1. The van der Waals surface area contributed by atoms with E-state index in [9.17, 15) is 0 Å². The van der Waals surface area contributed by atoms with Crippen LogP contribution in [0.4, 0.5) is 0 Å². The van der Waals surface area contributed by atoms with E-state index in [0.29, 0.717) is 19.1 Å². The first-order valence-electron chi connectivity index (χ1n) is 4.17. The summed E-state index contributed by atoms with van der Waals surface area (Å²) >= 11 is 11.8. The molecule has 0 aliphatic carbocycles. The molecule has 0 amide bonds. The standard InChI is InChI=1S/C10H10Cl2O/c11-5-10(6-13-7-10)8-2-1-3-9(12)4-8/h1-4H,5-7H2. The minimum Gasteiger partial charge on any atom is -0.379 e. The lowest BCUT2D eigenvalue weighted by Gasteiger charge is -2.40. The summed E-state index contributed by atoms with van der Waals surface area (Å²) in [7, 11) is 0. The molecule has 0 unspecified atom stereocenters. The first-order chi connectivity index (χ1) is 6.27. The fraction of sp³-hybridized carbons (Fsp3) is 0.400. The Bertz CT molecular complexity index is 302. The highest BCUT2D eigenvalue weighted by Gasteiger charge is 2.39. The first kappa shape index (κ1) is 9.32. The summed E-state index contributed by atoms with van der Waals surface area (Å²) in [5, 5.41) is 0.758. The molecule has 0 bridgehead atoms. The Morgan fingerprint density at radius 1 is 1.38 bits per heavy atom. The lowest BCUT2D eigenvalue weighted by Crippen LogP contribution is -2.48. The number of hydrogen-bond acceptors (Lipinski definition) is 1. The van der Waals surface area contributed by atoms with Crippen LogP contribution in [0, 0.1) is 0 Å². The topological polar surface area (TPSA) is 9.23 Å². The van der Waals surface area contributed by atoms with E-state index >= 15 is 0 Å². The molecule has 2 rings (SSSR count). The fourth-order valence-corrected chi connectivity index (χ4v) is 1.99. The van der Waals surface area contributed by atoms with Crippen molar-refractivity contribution in [3.8, 4) is 0 Å². The Labute approximate surface area is 87.6 Å². The summed E-state index contributed by atoms with van der Waals surface area (Å²) in [6, 6.07) is 7.83. The van der Waals surface area contributed by atoms with E-state index in [1.54, 1.807) is 0 Å². The number of halogens is 2. The quantitative estimate of drug-likeness (QED) is 0.692. The van der Waals surface area contributed by atoms with Crippen molar-refractivity contribution in [3.63, 3.8) is 0 Å². The summed E-state index contributed by atoms with van der Waals surface area (Å²) in [6.45, 7) is 1.41. The van der Waals surface area contributed by atoms with Crippen LogP contribution in [0.3, 0.4) is 0 Å². The molecule has 70 valence electrons. The lowest BCUT2D eigenvalue weighted by molar-refractivity contribution is -0.0479. The summed E-state index contributed by atoms with van der Waals surface area (Å²) in [5.74, 6) is 0.591. The molecule has 1 aliphatic rings. The van der Waals surface area contributed by atoms with Crippen LogP contribution >= 0.6 is 23.2 Å². The highest BCUT2D eigenvalue weighted by molar-refractivity contribution is 6.30. The number of rotatable bonds is 2. The van der Waals surface area contributed by atoms with Crippen LogP contribution in [-0.2, 0) is 10.2 Å². The molecule has 1 saturated heterocycles. The van der Waals surface area contributed by atoms with Crippen molar-refractivity contribution < 1.29 is 4.74 Å². The predicted molar refractivity (Wildman–Crippen MR) is 54.7 cm³/mol. The molecule has 3 heteroatoms. The molecule has 1 aliphatic heterocycles. The van der Waals surface area contributed by atoms with Gasteiger partial charge in [-0.05, 0) is 17.7 Å². The van der Waals surface area contributed by atoms with Crippen molar-refractivity contribution in [2.24, 2.45) is 0 Å². The molecule has 0 aromatic heterocycles. The van der Waals surface area contributed by atoms with Crippen LogP contribution in [0.1, 0.15) is 5.56 Å². The van der Waals surface area contributed by atoms with Crippen LogP contribution in [0.2, 0.25) is 5.02 Å². The maximum absolute atomic E-state index is 5.92. The van der Waals surface area contributed by atoms with Gasteiger partial charge in [0.05, 0.1) is 18.6 Å². The average Bonchev–Trinajstić information content (AvgIpc) is 2.03. The third kappa shape index (κ3) is 1.56. The van der Waals surface area contributed by atoms with Crippen molar-refractivity contribution in [2.75, 3.05) is 19.1 Å². The largest absolute Gasteiger partial charge is 0.379 e. The molecule has 0 atom stereocenters. The van der Waals surface area contributed by atoms with Gasteiger partial charge < -0.3 is 4.74 Å². The van der Waals surface area contributed by atoms with Gasteiger partial charge in [-0.25, -0.2) is 0 Å². The molecule has 1 aromatic carbocycles. The van der Waals surface area contributed by atoms with E-state index in [-0.39, 0.29) is 5.41 Å². The van der Waals surface area contributed by atoms with Gasteiger partial charge in [0.15, 0.2) is 0 Å². The zero-order chi connectivity index (χ0) is 9.31. The van der Waals surface area contributed by atoms with Crippen LogP contribution in [0.5, 0.6) is 0 Å². The van der Waals surface area contributed by atoms with Gasteiger partial charge in [-0.3, -0.25) is 0 Å². The van der Waals surface area contributed by atoms with Crippen molar-refractivity contribution in [1.29, 1.82) is 0 Å². The number of ether oxygens (including phenoxy) is 1. The van der Waals surface area contributed by atoms with Crippen LogP contribution in [0.25, 0.3) is 0 Å². The number of hydrogen-bond donors (Lipinski definition) is 0. The summed E-state index contributed by atoms with van der Waals surface area (Å²) < 4.78 is 5.20. The van der Waals surface area contributed by atoms with E-state index in [1.807, 2.05) is 18.2 Å². The highest BCUT2D eigenvalue weighted by Crippen LogP contribution is 2.34. The fourth-order valence-electron chi connectivity index (χ4n) is 1.49. The minimum atomic E-state index is 0.00640. The Kier molecular flexibility index (Phi) is 2.50. The van der Waals surface area contributed by atoms with Gasteiger partial charge in [-0.2, -0.15) is 0 Å². The molecule has 1 nitrogen and oxygen atoms in total. The van der Waals surface area contributed by atoms with E-state index in [1.165, 1.54) is 5.56 Å². The molecule has 0 saturated carbocycles. The summed E-state index contributed by atoms with van der Waals surface area (Å²) in [5.41, 5.74) is 1.19. The van der Waals surface area contributed by atoms with Crippen molar-refractivity contribution >= 4 is 23.2 Å². The summed E-state index contributed by atoms with van der Waals surface area (Å²) in [4.78, 5) is 0. The monoisotopic (exact) mass is 216 g/mol. The zero-order valence-electron chi connectivity index (χ0n) is 7.09. The normalized spacial score (nSPS) is 19.5. The Hall–Kier alpha value is -0.240. The molecule has 13 heavy (non-hydrogen) atoms. The molecule has 1 aromatic rings. The number of alkyl halides is 1. The highest BCUT2D eigenvalue weighted by atomic mass is 35.5. The van der Waals surface area contributed by atoms with Crippen LogP contribution < -0.4 is 0 Å². The molecule has 1 fully saturated rings. The lowest BCUT2D eigenvalue weighted by atomic mass is 9.81. The molecular weight excluding hydrogens is 207 g/mol. The van der Waals surface area contributed by atoms with Gasteiger partial charge in [0, 0.05) is 10.9 Å². The van der Waals surface area contributed by atoms with Crippen LogP contribution in [0.15, 0.2) is 24.3 Å². The Morgan fingerprint density at radius 3 is 2.62 bits per heavy atom. The van der Waals surface area contributed by atoms with E-state index in [4.69, 9.17) is 27.9 Å². The van der Waals surface area contributed by atoms with Crippen LogP contribution in [-0.4, -0.2) is 19.1 Å². The van der Waals surface area contributed by atoms with Crippen molar-refractivity contribution in [2.45, 2.75) is 5.41 Å². The predicted octanol–water partition coefficient (Wildman–Crippen LogP) is 2.85. The van der Waals surface area contributed by atoms with E-state index < -0.39 is 0 Å². The Morgan fingerprint density at radius 2 is 2.15 bits per heavy atom. The molecular formula is C10H10Cl2O. The van der Waals surface area contributed by atoms with Crippen molar-refractivity contribution in [1.82, 2.24) is 0 Å². The van der Waals surface area contributed by atoms with Gasteiger partial charge in [0.2, 0.25) is 0 Å². The van der Waals surface area contributed by atoms with E-state index in [0.717, 1.165) is 5.02 Å². The average molecular weight is 217 g/mol. The third-order valence-corrected chi connectivity index (χ3v) is 3.20. The van der Waals surface area contributed by atoms with Crippen molar-refractivity contribution in [3.05, 3.63) is 34.9 Å². The first-order valence-corrected chi connectivity index (χ1v) is 5.08. The third-order valence-electron chi connectivity index (χ3n) is 2.45. The minimum absolute atomic E-state index is 0.00640. The molecule has 1 heterocycles. The van der Waals surface area contributed by atoms with E-state index in [2.05, 4.69) is 6.07 Å². The molecule has 0 spiro atoms. The molecule has 0 N–H and O–H groups in total. The Balaban J connectivity index is 2.33. The molecule has 0 radical (unpaired) electrons. The van der Waals surface area contributed by atoms with Gasteiger partial charge >= 0.3 is 0 Å². The maximum Gasteiger partial charge on any atom is 0.0597 e. The smallest absolute Gasteiger partial charge is 0.0597 e. The number of benzene rings is 1. The maximum atomic E-state index is 5.92.